The fourth-order valence-electron chi connectivity index (χ4n) is 4.44. The van der Waals surface area contributed by atoms with Crippen molar-refractivity contribution in [1.29, 1.82) is 0 Å². The number of carbonyl (C=O) groups is 4. The van der Waals surface area contributed by atoms with Gasteiger partial charge in [-0.3, -0.25) is 33.9 Å². The molecular formula is C25H46N4O7S. The van der Waals surface area contributed by atoms with Gasteiger partial charge in [-0.05, 0) is 18.6 Å². The minimum absolute atomic E-state index is 0.00360. The maximum atomic E-state index is 13.0. The third-order valence-corrected chi connectivity index (χ3v) is 6.88. The summed E-state index contributed by atoms with van der Waals surface area (Å²) in [7, 11) is 0. The van der Waals surface area contributed by atoms with Crippen LogP contribution >= 0.6 is 12.6 Å². The van der Waals surface area contributed by atoms with Crippen LogP contribution in [0.2, 0.25) is 0 Å². The molecule has 0 aromatic carbocycles. The Morgan fingerprint density at radius 3 is 1.19 bits per heavy atom. The Kier molecular flexibility index (Phi) is 18.0. The maximum absolute atomic E-state index is 13.0. The van der Waals surface area contributed by atoms with E-state index in [1.807, 2.05) is 0 Å². The van der Waals surface area contributed by atoms with E-state index in [9.17, 15) is 34.5 Å². The number of hydrogen-bond donors (Lipinski definition) is 4. The summed E-state index contributed by atoms with van der Waals surface area (Å²) in [5.74, 6) is -2.01. The van der Waals surface area contributed by atoms with Crippen molar-refractivity contribution < 1.29 is 34.5 Å². The minimum atomic E-state index is -0.994. The zero-order valence-electron chi connectivity index (χ0n) is 22.1. The molecular weight excluding hydrogens is 500 g/mol. The van der Waals surface area contributed by atoms with E-state index in [1.54, 1.807) is 19.6 Å². The van der Waals surface area contributed by atoms with E-state index in [2.05, 4.69) is 12.6 Å². The molecule has 1 heterocycles. The normalized spacial score (nSPS) is 17.2. The highest BCUT2D eigenvalue weighted by molar-refractivity contribution is 7.80. The van der Waals surface area contributed by atoms with E-state index >= 15 is 0 Å². The molecule has 0 aliphatic carbocycles. The molecule has 0 atom stereocenters. The Morgan fingerprint density at radius 1 is 0.514 bits per heavy atom. The lowest BCUT2D eigenvalue weighted by Crippen LogP contribution is -2.49. The molecule has 12 heteroatoms. The molecule has 1 aliphatic heterocycles. The number of hydrogen-bond acceptors (Lipinski definition) is 8. The van der Waals surface area contributed by atoms with Gasteiger partial charge in [-0.25, -0.2) is 0 Å². The van der Waals surface area contributed by atoms with Crippen LogP contribution in [-0.4, -0.2) is 136 Å². The smallest absolute Gasteiger partial charge is 0.317 e. The standard InChI is InChI=1S/C25H46N4O7S/c30-22(9-7-5-3-1-2-4-6-8-18-37)29-16-14-27(20-24(33)34)12-10-26(19-23(31)32)11-13-28(15-17-29)21-25(35)36/h37H,1-21H2,(H,31,32)(H,33,34)(H,35,36). The number of carboxylic acids is 3. The number of carboxylic acid groups (broad SMARTS) is 3. The van der Waals surface area contributed by atoms with Gasteiger partial charge in [-0.1, -0.05) is 38.5 Å². The van der Waals surface area contributed by atoms with Gasteiger partial charge in [0, 0.05) is 58.8 Å². The zero-order chi connectivity index (χ0) is 27.5. The number of nitrogens with zero attached hydrogens (tertiary/aromatic N) is 4. The summed E-state index contributed by atoms with van der Waals surface area (Å²) in [6.45, 7) is 2.16. The van der Waals surface area contributed by atoms with E-state index in [1.165, 1.54) is 19.3 Å². The Balaban J connectivity index is 2.71. The average Bonchev–Trinajstić information content (AvgIpc) is 2.82. The molecule has 11 nitrogen and oxygen atoms in total. The topological polar surface area (TPSA) is 142 Å². The van der Waals surface area contributed by atoms with Gasteiger partial charge in [0.25, 0.3) is 0 Å². The van der Waals surface area contributed by atoms with Crippen LogP contribution in [0.1, 0.15) is 57.8 Å². The zero-order valence-corrected chi connectivity index (χ0v) is 23.0. The Hall–Kier alpha value is -1.89. The van der Waals surface area contributed by atoms with Gasteiger partial charge in [-0.15, -0.1) is 0 Å². The van der Waals surface area contributed by atoms with Crippen molar-refractivity contribution in [1.82, 2.24) is 19.6 Å². The Bertz CT molecular complexity index is 666. The van der Waals surface area contributed by atoms with Gasteiger partial charge in [0.2, 0.25) is 5.91 Å². The lowest BCUT2D eigenvalue weighted by molar-refractivity contribution is -0.141. The van der Waals surface area contributed by atoms with E-state index in [-0.39, 0.29) is 25.5 Å². The van der Waals surface area contributed by atoms with E-state index in [0.29, 0.717) is 58.8 Å². The van der Waals surface area contributed by atoms with Crippen molar-refractivity contribution in [3.8, 4) is 0 Å². The average molecular weight is 547 g/mol. The molecule has 0 radical (unpaired) electrons. The number of rotatable bonds is 16. The van der Waals surface area contributed by atoms with Crippen molar-refractivity contribution in [2.24, 2.45) is 0 Å². The summed E-state index contributed by atoms with van der Waals surface area (Å²) >= 11 is 4.23. The van der Waals surface area contributed by atoms with Crippen molar-refractivity contribution >= 4 is 36.4 Å². The predicted octanol–water partition coefficient (Wildman–Crippen LogP) is 1.43. The van der Waals surface area contributed by atoms with Crippen LogP contribution in [0.15, 0.2) is 0 Å². The molecule has 0 bridgehead atoms. The van der Waals surface area contributed by atoms with Crippen molar-refractivity contribution in [2.45, 2.75) is 57.8 Å². The van der Waals surface area contributed by atoms with Gasteiger partial charge in [0.05, 0.1) is 19.6 Å². The molecule has 0 unspecified atom stereocenters. The fraction of sp³-hybridized carbons (Fsp3) is 0.840. The first-order chi connectivity index (χ1) is 17.7. The van der Waals surface area contributed by atoms with Gasteiger partial charge in [0.1, 0.15) is 0 Å². The SMILES string of the molecule is O=C(O)CN1CCN(CC(=O)O)CCN(C(=O)CCCCCCCCCCS)CCN(CC(=O)O)CC1. The maximum Gasteiger partial charge on any atom is 0.317 e. The second kappa shape index (κ2) is 20.1. The van der Waals surface area contributed by atoms with E-state index < -0.39 is 17.9 Å². The van der Waals surface area contributed by atoms with Crippen LogP contribution < -0.4 is 0 Å². The Morgan fingerprint density at radius 2 is 0.838 bits per heavy atom. The molecule has 1 aliphatic rings. The molecule has 37 heavy (non-hydrogen) atoms. The summed E-state index contributed by atoms with van der Waals surface area (Å²) < 4.78 is 0. The van der Waals surface area contributed by atoms with Gasteiger partial charge in [-0.2, -0.15) is 12.6 Å². The van der Waals surface area contributed by atoms with Gasteiger partial charge in [0.15, 0.2) is 0 Å². The summed E-state index contributed by atoms with van der Waals surface area (Å²) in [6.07, 6.45) is 9.27. The molecule has 1 amide bonds. The molecule has 214 valence electrons. The summed E-state index contributed by atoms with van der Waals surface area (Å²) in [6, 6.07) is 0. The largest absolute Gasteiger partial charge is 0.480 e. The first-order valence-corrected chi connectivity index (χ1v) is 14.1. The molecule has 1 saturated heterocycles. The molecule has 3 N–H and O–H groups in total. The molecule has 0 spiro atoms. The fourth-order valence-corrected chi connectivity index (χ4v) is 4.67. The first kappa shape index (κ1) is 33.1. The predicted molar refractivity (Wildman–Crippen MR) is 144 cm³/mol. The highest BCUT2D eigenvalue weighted by atomic mass is 32.1. The second-order valence-corrected chi connectivity index (χ2v) is 10.1. The first-order valence-electron chi connectivity index (χ1n) is 13.4. The number of thiol groups is 1. The van der Waals surface area contributed by atoms with Crippen molar-refractivity contribution in [3.63, 3.8) is 0 Å². The quantitative estimate of drug-likeness (QED) is 0.166. The van der Waals surface area contributed by atoms with Crippen LogP contribution in [-0.2, 0) is 19.2 Å². The number of amides is 1. The van der Waals surface area contributed by atoms with Crippen LogP contribution in [0, 0.1) is 0 Å². The molecule has 1 rings (SSSR count). The summed E-state index contributed by atoms with van der Waals surface area (Å²) in [4.78, 5) is 53.9. The molecule has 0 saturated carbocycles. The van der Waals surface area contributed by atoms with Gasteiger partial charge < -0.3 is 20.2 Å². The highest BCUT2D eigenvalue weighted by Crippen LogP contribution is 2.11. The lowest BCUT2D eigenvalue weighted by Gasteiger charge is -2.33. The van der Waals surface area contributed by atoms with Crippen LogP contribution in [0.4, 0.5) is 0 Å². The minimum Gasteiger partial charge on any atom is -0.480 e. The second-order valence-electron chi connectivity index (χ2n) is 9.69. The van der Waals surface area contributed by atoms with Crippen molar-refractivity contribution in [2.75, 3.05) is 77.7 Å². The number of carbonyl (C=O) groups excluding carboxylic acids is 1. The van der Waals surface area contributed by atoms with Crippen molar-refractivity contribution in [3.05, 3.63) is 0 Å². The molecule has 0 aromatic rings. The number of aliphatic carboxylic acids is 3. The highest BCUT2D eigenvalue weighted by Gasteiger charge is 2.21. The number of unbranched alkanes of at least 4 members (excludes halogenated alkanes) is 7. The lowest BCUT2D eigenvalue weighted by atomic mass is 10.1. The third kappa shape index (κ3) is 17.3. The van der Waals surface area contributed by atoms with E-state index in [0.717, 1.165) is 37.9 Å². The summed E-state index contributed by atoms with van der Waals surface area (Å²) in [5, 5.41) is 27.9. The van der Waals surface area contributed by atoms with Crippen LogP contribution in [0.25, 0.3) is 0 Å². The molecule has 0 aromatic heterocycles. The van der Waals surface area contributed by atoms with Crippen LogP contribution in [0.5, 0.6) is 0 Å². The third-order valence-electron chi connectivity index (χ3n) is 6.57. The summed E-state index contributed by atoms with van der Waals surface area (Å²) in [5.41, 5.74) is 0. The monoisotopic (exact) mass is 546 g/mol. The van der Waals surface area contributed by atoms with Crippen LogP contribution in [0.3, 0.4) is 0 Å². The van der Waals surface area contributed by atoms with Gasteiger partial charge >= 0.3 is 17.9 Å². The molecule has 1 fully saturated rings. The van der Waals surface area contributed by atoms with E-state index in [4.69, 9.17) is 0 Å². The Labute approximate surface area is 226 Å².